The highest BCUT2D eigenvalue weighted by molar-refractivity contribution is 6.03. The Hall–Kier alpha value is -1.55. The van der Waals surface area contributed by atoms with E-state index in [0.717, 1.165) is 0 Å². The molecule has 2 N–H and O–H groups in total. The van der Waals surface area contributed by atoms with Crippen LogP contribution in [0.5, 0.6) is 5.75 Å². The van der Waals surface area contributed by atoms with E-state index >= 15 is 0 Å². The standard InChI is InChI=1S/C9H11NO3/c1-13-6-8(10-12)7-4-2-3-5-9(7)11/h2-5,11-12H,6H2,1H3/b10-8-. The number of hydrogen-bond donors (Lipinski definition) is 2. The number of methoxy groups -OCH3 is 1. The maximum atomic E-state index is 9.39. The summed E-state index contributed by atoms with van der Waals surface area (Å²) in [5.74, 6) is 0.0763. The highest BCUT2D eigenvalue weighted by Gasteiger charge is 2.07. The summed E-state index contributed by atoms with van der Waals surface area (Å²) in [4.78, 5) is 0. The summed E-state index contributed by atoms with van der Waals surface area (Å²) in [5.41, 5.74) is 0.785. The molecule has 0 heterocycles. The summed E-state index contributed by atoms with van der Waals surface area (Å²) in [6.07, 6.45) is 0. The van der Waals surface area contributed by atoms with Gasteiger partial charge < -0.3 is 15.1 Å². The highest BCUT2D eigenvalue weighted by atomic mass is 16.5. The number of para-hydroxylation sites is 1. The molecule has 0 radical (unpaired) electrons. The smallest absolute Gasteiger partial charge is 0.124 e. The molecule has 70 valence electrons. The minimum Gasteiger partial charge on any atom is -0.507 e. The van der Waals surface area contributed by atoms with Crippen LogP contribution in [0.4, 0.5) is 0 Å². The third-order valence-electron chi connectivity index (χ3n) is 1.62. The monoisotopic (exact) mass is 181 g/mol. The van der Waals surface area contributed by atoms with E-state index in [1.54, 1.807) is 18.2 Å². The zero-order valence-corrected chi connectivity index (χ0v) is 7.27. The number of rotatable bonds is 3. The lowest BCUT2D eigenvalue weighted by atomic mass is 10.1. The van der Waals surface area contributed by atoms with Gasteiger partial charge in [-0.25, -0.2) is 0 Å². The van der Waals surface area contributed by atoms with Crippen LogP contribution in [0.25, 0.3) is 0 Å². The molecule has 0 aliphatic heterocycles. The molecule has 0 saturated heterocycles. The average Bonchev–Trinajstić information content (AvgIpc) is 2.16. The molecule has 0 atom stereocenters. The number of phenolic OH excluding ortho intramolecular Hbond substituents is 1. The van der Waals surface area contributed by atoms with Gasteiger partial charge in [0.15, 0.2) is 0 Å². The molecule has 4 heteroatoms. The molecule has 0 amide bonds. The van der Waals surface area contributed by atoms with E-state index in [1.165, 1.54) is 13.2 Å². The maximum absolute atomic E-state index is 9.39. The Morgan fingerprint density at radius 1 is 1.46 bits per heavy atom. The molecule has 0 spiro atoms. The largest absolute Gasteiger partial charge is 0.507 e. The molecule has 0 aromatic heterocycles. The molecule has 0 aliphatic rings. The summed E-state index contributed by atoms with van der Waals surface area (Å²) in [6, 6.07) is 6.62. The Morgan fingerprint density at radius 3 is 2.69 bits per heavy atom. The van der Waals surface area contributed by atoms with E-state index in [2.05, 4.69) is 5.16 Å². The molecule has 1 rings (SSSR count). The lowest BCUT2D eigenvalue weighted by Gasteiger charge is -2.04. The fourth-order valence-electron chi connectivity index (χ4n) is 1.01. The summed E-state index contributed by atoms with van der Waals surface area (Å²) in [5, 5.41) is 21.1. The molecule has 0 saturated carbocycles. The number of oxime groups is 1. The van der Waals surface area contributed by atoms with Crippen LogP contribution >= 0.6 is 0 Å². The number of benzene rings is 1. The van der Waals surface area contributed by atoms with Crippen LogP contribution < -0.4 is 0 Å². The van der Waals surface area contributed by atoms with Crippen LogP contribution in [0.3, 0.4) is 0 Å². The van der Waals surface area contributed by atoms with Gasteiger partial charge in [-0.3, -0.25) is 0 Å². The quantitative estimate of drug-likeness (QED) is 0.418. The number of hydrogen-bond acceptors (Lipinski definition) is 4. The van der Waals surface area contributed by atoms with Crippen molar-refractivity contribution in [2.24, 2.45) is 5.16 Å². The Balaban J connectivity index is 2.99. The molecule has 1 aromatic carbocycles. The van der Waals surface area contributed by atoms with Crippen molar-refractivity contribution < 1.29 is 15.1 Å². The SMILES string of the molecule is COC/C(=N/O)c1ccccc1O. The second-order valence-electron chi connectivity index (χ2n) is 2.50. The van der Waals surface area contributed by atoms with Crippen LogP contribution in [0.1, 0.15) is 5.56 Å². The van der Waals surface area contributed by atoms with Gasteiger partial charge in [0.1, 0.15) is 11.5 Å². The number of nitrogens with zero attached hydrogens (tertiary/aromatic N) is 1. The molecular formula is C9H11NO3. The number of phenols is 1. The summed E-state index contributed by atoms with van der Waals surface area (Å²) in [6.45, 7) is 0.161. The fraction of sp³-hybridized carbons (Fsp3) is 0.222. The lowest BCUT2D eigenvalue weighted by molar-refractivity contribution is 0.237. The fourth-order valence-corrected chi connectivity index (χ4v) is 1.01. The van der Waals surface area contributed by atoms with Crippen LogP contribution in [0, 0.1) is 0 Å². The van der Waals surface area contributed by atoms with Crippen LogP contribution in [-0.2, 0) is 4.74 Å². The van der Waals surface area contributed by atoms with Gasteiger partial charge in [-0.15, -0.1) is 0 Å². The van der Waals surface area contributed by atoms with Crippen molar-refractivity contribution >= 4 is 5.71 Å². The zero-order valence-electron chi connectivity index (χ0n) is 7.27. The van der Waals surface area contributed by atoms with Gasteiger partial charge in [-0.05, 0) is 12.1 Å². The molecule has 13 heavy (non-hydrogen) atoms. The molecule has 0 unspecified atom stereocenters. The van der Waals surface area contributed by atoms with E-state index in [0.29, 0.717) is 11.3 Å². The van der Waals surface area contributed by atoms with Gasteiger partial charge in [0.25, 0.3) is 0 Å². The molecular weight excluding hydrogens is 170 g/mol. The van der Waals surface area contributed by atoms with Crippen molar-refractivity contribution in [3.63, 3.8) is 0 Å². The van der Waals surface area contributed by atoms with Crippen molar-refractivity contribution in [3.05, 3.63) is 29.8 Å². The third kappa shape index (κ3) is 2.19. The molecule has 0 aliphatic carbocycles. The van der Waals surface area contributed by atoms with Crippen molar-refractivity contribution in [1.29, 1.82) is 0 Å². The first-order valence-electron chi connectivity index (χ1n) is 3.78. The average molecular weight is 181 g/mol. The van der Waals surface area contributed by atoms with Crippen LogP contribution in [-0.4, -0.2) is 29.7 Å². The molecule has 0 fully saturated rings. The Bertz CT molecular complexity index is 309. The molecule has 0 bridgehead atoms. The topological polar surface area (TPSA) is 62.0 Å². The zero-order chi connectivity index (χ0) is 9.68. The van der Waals surface area contributed by atoms with E-state index < -0.39 is 0 Å². The second kappa shape index (κ2) is 4.47. The minimum absolute atomic E-state index is 0.0763. The van der Waals surface area contributed by atoms with Gasteiger partial charge in [0, 0.05) is 12.7 Å². The number of aromatic hydroxyl groups is 1. The van der Waals surface area contributed by atoms with Gasteiger partial charge in [-0.2, -0.15) is 0 Å². The van der Waals surface area contributed by atoms with E-state index in [9.17, 15) is 5.11 Å². The van der Waals surface area contributed by atoms with Crippen molar-refractivity contribution in [1.82, 2.24) is 0 Å². The first-order chi connectivity index (χ1) is 6.29. The van der Waals surface area contributed by atoms with Crippen LogP contribution in [0.2, 0.25) is 0 Å². The van der Waals surface area contributed by atoms with Crippen molar-refractivity contribution in [2.45, 2.75) is 0 Å². The maximum Gasteiger partial charge on any atom is 0.124 e. The van der Waals surface area contributed by atoms with Gasteiger partial charge >= 0.3 is 0 Å². The van der Waals surface area contributed by atoms with Crippen LogP contribution in [0.15, 0.2) is 29.4 Å². The van der Waals surface area contributed by atoms with Crippen molar-refractivity contribution in [3.8, 4) is 5.75 Å². The van der Waals surface area contributed by atoms with E-state index in [4.69, 9.17) is 9.94 Å². The van der Waals surface area contributed by atoms with Crippen molar-refractivity contribution in [2.75, 3.05) is 13.7 Å². The summed E-state index contributed by atoms with van der Waals surface area (Å²) < 4.78 is 4.80. The lowest BCUT2D eigenvalue weighted by Crippen LogP contribution is -2.08. The minimum atomic E-state index is 0.0763. The Labute approximate surface area is 76.1 Å². The Morgan fingerprint density at radius 2 is 2.15 bits per heavy atom. The van der Waals surface area contributed by atoms with Gasteiger partial charge in [-0.1, -0.05) is 17.3 Å². The molecule has 1 aromatic rings. The second-order valence-corrected chi connectivity index (χ2v) is 2.50. The van der Waals surface area contributed by atoms with E-state index in [-0.39, 0.29) is 12.4 Å². The van der Waals surface area contributed by atoms with Gasteiger partial charge in [0.2, 0.25) is 0 Å². The normalized spacial score (nSPS) is 11.6. The number of ether oxygens (including phenoxy) is 1. The third-order valence-corrected chi connectivity index (χ3v) is 1.62. The Kier molecular flexibility index (Phi) is 3.28. The predicted molar refractivity (Wildman–Crippen MR) is 48.3 cm³/mol. The first kappa shape index (κ1) is 9.54. The van der Waals surface area contributed by atoms with E-state index in [1.807, 2.05) is 0 Å². The first-order valence-corrected chi connectivity index (χ1v) is 3.78. The summed E-state index contributed by atoms with van der Waals surface area (Å²) in [7, 11) is 1.49. The molecule has 4 nitrogen and oxygen atoms in total. The highest BCUT2D eigenvalue weighted by Crippen LogP contribution is 2.16. The summed E-state index contributed by atoms with van der Waals surface area (Å²) >= 11 is 0. The predicted octanol–water partition coefficient (Wildman–Crippen LogP) is 1.22. The van der Waals surface area contributed by atoms with Gasteiger partial charge in [0.05, 0.1) is 6.61 Å².